The number of hydrogen-bond donors (Lipinski definition) is 1. The van der Waals surface area contributed by atoms with Gasteiger partial charge >= 0.3 is 0 Å². The summed E-state index contributed by atoms with van der Waals surface area (Å²) in [5, 5.41) is 12.0. The summed E-state index contributed by atoms with van der Waals surface area (Å²) >= 11 is 8.03. The molecule has 1 aromatic heterocycles. The monoisotopic (exact) mass is 488 g/mol. The fraction of sp³-hybridized carbons (Fsp3) is 0.222. The predicted molar refractivity (Wildman–Crippen MR) is 138 cm³/mol. The number of carbonyl (C=O) groups excluding carboxylic acids is 1. The Morgan fingerprint density at radius 1 is 0.941 bits per heavy atom. The molecule has 1 aliphatic heterocycles. The van der Waals surface area contributed by atoms with Crippen LogP contribution in [0, 0.1) is 0 Å². The number of anilines is 1. The summed E-state index contributed by atoms with van der Waals surface area (Å²) in [5.74, 6) is 1.72. The summed E-state index contributed by atoms with van der Waals surface area (Å²) in [6.45, 7) is 0.909. The number of rotatable bonds is 6. The Morgan fingerprint density at radius 2 is 1.71 bits per heavy atom. The number of carbonyl (C=O) groups is 1. The maximum absolute atomic E-state index is 13.5. The van der Waals surface area contributed by atoms with Crippen LogP contribution in [0.25, 0.3) is 11.4 Å². The first-order chi connectivity index (χ1) is 16.7. The Morgan fingerprint density at radius 3 is 2.50 bits per heavy atom. The lowest BCUT2D eigenvalue weighted by Gasteiger charge is -2.18. The second-order valence-electron chi connectivity index (χ2n) is 8.31. The maximum atomic E-state index is 13.5. The average molecular weight is 489 g/mol. The third kappa shape index (κ3) is 5.03. The summed E-state index contributed by atoms with van der Waals surface area (Å²) in [6.07, 6.45) is 4.40. The van der Waals surface area contributed by atoms with Gasteiger partial charge < -0.3 is 9.88 Å². The van der Waals surface area contributed by atoms with Gasteiger partial charge in [-0.15, -0.1) is 22.0 Å². The van der Waals surface area contributed by atoms with Crippen LogP contribution in [0.2, 0.25) is 5.02 Å². The minimum Gasteiger partial charge on any atom is -0.323 e. The third-order valence-electron chi connectivity index (χ3n) is 5.93. The van der Waals surface area contributed by atoms with Crippen molar-refractivity contribution in [3.05, 3.63) is 95.3 Å². The minimum absolute atomic E-state index is 0.126. The van der Waals surface area contributed by atoms with E-state index >= 15 is 0 Å². The van der Waals surface area contributed by atoms with Gasteiger partial charge in [0.05, 0.1) is 10.7 Å². The molecular weight excluding hydrogens is 464 g/mol. The Labute approximate surface area is 208 Å². The van der Waals surface area contributed by atoms with E-state index in [2.05, 4.69) is 20.1 Å². The predicted octanol–water partition coefficient (Wildman–Crippen LogP) is 6.80. The van der Waals surface area contributed by atoms with Gasteiger partial charge in [0.2, 0.25) is 5.91 Å². The molecule has 0 spiro atoms. The van der Waals surface area contributed by atoms with Gasteiger partial charge in [0.1, 0.15) is 11.1 Å². The van der Waals surface area contributed by atoms with Crippen LogP contribution in [-0.4, -0.2) is 20.7 Å². The number of aromatic nitrogens is 3. The van der Waals surface area contributed by atoms with E-state index in [4.69, 9.17) is 11.6 Å². The van der Waals surface area contributed by atoms with Crippen LogP contribution < -0.4 is 5.32 Å². The van der Waals surface area contributed by atoms with Gasteiger partial charge in [-0.1, -0.05) is 66.6 Å². The van der Waals surface area contributed by atoms with E-state index < -0.39 is 5.25 Å². The van der Waals surface area contributed by atoms with Gasteiger partial charge in [0.15, 0.2) is 5.82 Å². The van der Waals surface area contributed by atoms with Crippen LogP contribution in [0.4, 0.5) is 5.69 Å². The number of nitrogens with zero attached hydrogens (tertiary/aromatic N) is 3. The summed E-state index contributed by atoms with van der Waals surface area (Å²) in [4.78, 5) is 14.5. The van der Waals surface area contributed by atoms with Crippen molar-refractivity contribution in [2.75, 3.05) is 5.32 Å². The molecule has 0 aliphatic carbocycles. The average Bonchev–Trinajstić information content (AvgIpc) is 3.13. The first-order valence-electron chi connectivity index (χ1n) is 11.5. The number of thioether (sulfide) groups is 1. The van der Waals surface area contributed by atoms with Gasteiger partial charge in [-0.25, -0.2) is 0 Å². The maximum Gasteiger partial charge on any atom is 0.242 e. The molecule has 1 unspecified atom stereocenters. The number of nitrogens with one attached hydrogen (secondary N) is 1. The van der Waals surface area contributed by atoms with E-state index in [0.717, 1.165) is 53.5 Å². The van der Waals surface area contributed by atoms with Gasteiger partial charge in [-0.05, 0) is 48.7 Å². The molecule has 3 aromatic carbocycles. The summed E-state index contributed by atoms with van der Waals surface area (Å²) in [6, 6.07) is 25.4. The molecule has 1 atom stereocenters. The molecule has 172 valence electrons. The second kappa shape index (κ2) is 10.5. The zero-order valence-corrected chi connectivity index (χ0v) is 20.2. The number of halogens is 1. The fourth-order valence-electron chi connectivity index (χ4n) is 4.19. The fourth-order valence-corrected chi connectivity index (χ4v) is 5.40. The van der Waals surface area contributed by atoms with Crippen LogP contribution in [0.5, 0.6) is 0 Å². The highest BCUT2D eigenvalue weighted by molar-refractivity contribution is 8.00. The quantitative estimate of drug-likeness (QED) is 0.303. The van der Waals surface area contributed by atoms with Crippen LogP contribution in [0.3, 0.4) is 0 Å². The SMILES string of the molecule is O=C(Nc1cc(-c2nnc3n2CCCCC3)ccc1Cl)C(Sc1ccccc1)c1ccccc1. The molecule has 34 heavy (non-hydrogen) atoms. The molecule has 0 saturated heterocycles. The molecular formula is C27H25ClN4OS. The van der Waals surface area contributed by atoms with Crippen molar-refractivity contribution in [3.8, 4) is 11.4 Å². The normalized spacial score (nSPS) is 14.1. The zero-order valence-electron chi connectivity index (χ0n) is 18.7. The standard InChI is InChI=1S/C27H25ClN4OS/c28-22-16-15-20(26-31-30-24-14-8-3-9-17-32(24)26)18-23(22)29-27(33)25(19-10-4-1-5-11-19)34-21-12-6-2-7-13-21/h1-2,4-7,10-13,15-16,18,25H,3,8-9,14,17H2,(H,29,33). The van der Waals surface area contributed by atoms with Gasteiger partial charge in [0, 0.05) is 23.4 Å². The smallest absolute Gasteiger partial charge is 0.242 e. The molecule has 0 radical (unpaired) electrons. The highest BCUT2D eigenvalue weighted by Gasteiger charge is 2.24. The third-order valence-corrected chi connectivity index (χ3v) is 7.53. The van der Waals surface area contributed by atoms with Crippen molar-refractivity contribution >= 4 is 35.0 Å². The van der Waals surface area contributed by atoms with Crippen LogP contribution in [0.1, 0.15) is 35.9 Å². The van der Waals surface area contributed by atoms with Crippen molar-refractivity contribution in [2.45, 2.75) is 42.4 Å². The molecule has 5 nitrogen and oxygen atoms in total. The molecule has 0 fully saturated rings. The molecule has 0 bridgehead atoms. The molecule has 2 heterocycles. The Balaban J connectivity index is 1.43. The van der Waals surface area contributed by atoms with Crippen molar-refractivity contribution < 1.29 is 4.79 Å². The van der Waals surface area contributed by atoms with Crippen LogP contribution >= 0.6 is 23.4 Å². The number of aryl methyl sites for hydroxylation is 1. The summed E-state index contributed by atoms with van der Waals surface area (Å²) in [7, 11) is 0. The lowest BCUT2D eigenvalue weighted by atomic mass is 10.1. The zero-order chi connectivity index (χ0) is 23.3. The van der Waals surface area contributed by atoms with E-state index in [-0.39, 0.29) is 5.91 Å². The van der Waals surface area contributed by atoms with Gasteiger partial charge in [-0.2, -0.15) is 0 Å². The highest BCUT2D eigenvalue weighted by Crippen LogP contribution is 2.37. The molecule has 1 N–H and O–H groups in total. The summed E-state index contributed by atoms with van der Waals surface area (Å²) in [5.41, 5.74) is 2.40. The van der Waals surface area contributed by atoms with E-state index in [1.807, 2.05) is 78.9 Å². The van der Waals surface area contributed by atoms with E-state index in [0.29, 0.717) is 10.7 Å². The van der Waals surface area contributed by atoms with Crippen molar-refractivity contribution in [2.24, 2.45) is 0 Å². The molecule has 0 saturated carbocycles. The molecule has 5 rings (SSSR count). The largest absolute Gasteiger partial charge is 0.323 e. The molecule has 7 heteroatoms. The molecule has 1 aliphatic rings. The van der Waals surface area contributed by atoms with Gasteiger partial charge in [-0.3, -0.25) is 4.79 Å². The van der Waals surface area contributed by atoms with Crippen molar-refractivity contribution in [3.63, 3.8) is 0 Å². The topological polar surface area (TPSA) is 59.8 Å². The molecule has 4 aromatic rings. The number of benzene rings is 3. The van der Waals surface area contributed by atoms with Gasteiger partial charge in [0.25, 0.3) is 0 Å². The van der Waals surface area contributed by atoms with E-state index in [9.17, 15) is 4.79 Å². The van der Waals surface area contributed by atoms with E-state index in [1.54, 1.807) is 0 Å². The first-order valence-corrected chi connectivity index (χ1v) is 12.7. The van der Waals surface area contributed by atoms with Crippen LogP contribution in [0.15, 0.2) is 83.8 Å². The Bertz CT molecular complexity index is 1280. The summed E-state index contributed by atoms with van der Waals surface area (Å²) < 4.78 is 2.19. The number of amides is 1. The highest BCUT2D eigenvalue weighted by atomic mass is 35.5. The van der Waals surface area contributed by atoms with Crippen molar-refractivity contribution in [1.82, 2.24) is 14.8 Å². The number of hydrogen-bond acceptors (Lipinski definition) is 4. The number of fused-ring (bicyclic) bond motifs is 1. The first kappa shape index (κ1) is 22.7. The Hall–Kier alpha value is -3.09. The molecule has 1 amide bonds. The van der Waals surface area contributed by atoms with E-state index in [1.165, 1.54) is 18.2 Å². The second-order valence-corrected chi connectivity index (χ2v) is 9.89. The van der Waals surface area contributed by atoms with Crippen LogP contribution in [-0.2, 0) is 17.8 Å². The minimum atomic E-state index is -0.423. The Kier molecular flexibility index (Phi) is 6.97. The van der Waals surface area contributed by atoms with Crippen molar-refractivity contribution in [1.29, 1.82) is 0 Å². The lowest BCUT2D eigenvalue weighted by molar-refractivity contribution is -0.115. The lowest BCUT2D eigenvalue weighted by Crippen LogP contribution is -2.19.